The minimum absolute atomic E-state index is 0.559. The van der Waals surface area contributed by atoms with E-state index in [-0.39, 0.29) is 0 Å². The average Bonchev–Trinajstić information content (AvgIpc) is 3.16. The molecule has 2 heterocycles. The molecule has 1 aliphatic heterocycles. The first-order valence-electron chi connectivity index (χ1n) is 7.43. The maximum Gasteiger partial charge on any atom is 0.230 e. The molecule has 5 heteroatoms. The highest BCUT2D eigenvalue weighted by Gasteiger charge is 2.29. The summed E-state index contributed by atoms with van der Waals surface area (Å²) in [4.78, 5) is 4.80. The molecule has 19 heavy (non-hydrogen) atoms. The van der Waals surface area contributed by atoms with Crippen LogP contribution in [-0.2, 0) is 6.54 Å². The molecule has 0 N–H and O–H groups in total. The van der Waals surface area contributed by atoms with E-state index in [2.05, 4.69) is 34.1 Å². The van der Waals surface area contributed by atoms with E-state index in [1.54, 1.807) is 0 Å². The van der Waals surface area contributed by atoms with Crippen molar-refractivity contribution in [3.8, 4) is 0 Å². The second-order valence-electron chi connectivity index (χ2n) is 6.13. The minimum atomic E-state index is 0.559. The van der Waals surface area contributed by atoms with E-state index in [9.17, 15) is 0 Å². The Kier molecular flexibility index (Phi) is 3.84. The molecule has 1 saturated carbocycles. The Labute approximate surface area is 115 Å². The fraction of sp³-hybridized carbons (Fsp3) is 0.857. The van der Waals surface area contributed by atoms with E-state index in [1.165, 1.54) is 32.1 Å². The van der Waals surface area contributed by atoms with Crippen LogP contribution in [0.1, 0.15) is 49.8 Å². The molecular weight excluding hydrogens is 240 g/mol. The Morgan fingerprint density at radius 1 is 1.16 bits per heavy atom. The molecule has 0 aromatic carbocycles. The molecule has 3 rings (SSSR count). The second kappa shape index (κ2) is 5.59. The molecule has 5 nitrogen and oxygen atoms in total. The first-order valence-corrected chi connectivity index (χ1v) is 7.43. The van der Waals surface area contributed by atoms with Crippen LogP contribution in [0.25, 0.3) is 0 Å². The van der Waals surface area contributed by atoms with Gasteiger partial charge in [-0.15, -0.1) is 10.2 Å². The molecule has 1 unspecified atom stereocenters. The summed E-state index contributed by atoms with van der Waals surface area (Å²) in [5.74, 6) is 2.21. The minimum Gasteiger partial charge on any atom is -0.424 e. The Balaban J connectivity index is 1.54. The molecule has 1 aromatic rings. The zero-order chi connectivity index (χ0) is 13.2. The summed E-state index contributed by atoms with van der Waals surface area (Å²) in [7, 11) is 4.36. The van der Waals surface area contributed by atoms with Crippen molar-refractivity contribution in [1.29, 1.82) is 0 Å². The molecule has 1 atom stereocenters. The van der Waals surface area contributed by atoms with Gasteiger partial charge in [0.15, 0.2) is 0 Å². The van der Waals surface area contributed by atoms with Crippen LogP contribution in [0, 0.1) is 0 Å². The van der Waals surface area contributed by atoms with Gasteiger partial charge in [-0.3, -0.25) is 4.90 Å². The fourth-order valence-corrected chi connectivity index (χ4v) is 2.83. The van der Waals surface area contributed by atoms with Gasteiger partial charge < -0.3 is 9.32 Å². The van der Waals surface area contributed by atoms with Crippen molar-refractivity contribution >= 4 is 0 Å². The lowest BCUT2D eigenvalue weighted by atomic mass is 10.1. The van der Waals surface area contributed by atoms with Gasteiger partial charge in [0.25, 0.3) is 0 Å². The van der Waals surface area contributed by atoms with Gasteiger partial charge in [-0.05, 0) is 52.7 Å². The Hall–Kier alpha value is -0.940. The molecule has 1 aromatic heterocycles. The lowest BCUT2D eigenvalue weighted by molar-refractivity contribution is 0.229. The van der Waals surface area contributed by atoms with Crippen molar-refractivity contribution in [3.05, 3.63) is 11.8 Å². The first-order chi connectivity index (χ1) is 9.22. The van der Waals surface area contributed by atoms with Crippen LogP contribution < -0.4 is 0 Å². The Bertz CT molecular complexity index is 413. The van der Waals surface area contributed by atoms with E-state index in [0.29, 0.717) is 5.92 Å². The van der Waals surface area contributed by atoms with Gasteiger partial charge in [-0.2, -0.15) is 0 Å². The summed E-state index contributed by atoms with van der Waals surface area (Å²) in [5, 5.41) is 8.35. The molecule has 0 bridgehead atoms. The molecule has 0 radical (unpaired) electrons. The van der Waals surface area contributed by atoms with Gasteiger partial charge in [0.05, 0.1) is 6.54 Å². The first kappa shape index (κ1) is 13.1. The monoisotopic (exact) mass is 264 g/mol. The maximum absolute atomic E-state index is 5.75. The predicted octanol–water partition coefficient (Wildman–Crippen LogP) is 1.86. The molecular formula is C14H24N4O. The van der Waals surface area contributed by atoms with Gasteiger partial charge in [0.2, 0.25) is 11.8 Å². The Morgan fingerprint density at radius 3 is 2.74 bits per heavy atom. The van der Waals surface area contributed by atoms with Crippen LogP contribution in [0.2, 0.25) is 0 Å². The van der Waals surface area contributed by atoms with Gasteiger partial charge >= 0.3 is 0 Å². The van der Waals surface area contributed by atoms with Crippen LogP contribution in [0.5, 0.6) is 0 Å². The summed E-state index contributed by atoms with van der Waals surface area (Å²) in [6, 6.07) is 0.717. The molecule has 106 valence electrons. The van der Waals surface area contributed by atoms with Gasteiger partial charge in [-0.1, -0.05) is 0 Å². The van der Waals surface area contributed by atoms with Crippen molar-refractivity contribution < 1.29 is 4.42 Å². The molecule has 1 aliphatic carbocycles. The van der Waals surface area contributed by atoms with Gasteiger partial charge in [0, 0.05) is 18.5 Å². The lowest BCUT2D eigenvalue weighted by Crippen LogP contribution is -2.30. The standard InChI is InChI=1S/C14H24N4O/c1-17(2)12-4-3-8-18(9-7-12)10-13-15-16-14(19-13)11-5-6-11/h11-12H,3-10H2,1-2H3. The third kappa shape index (κ3) is 3.34. The average molecular weight is 264 g/mol. The molecule has 0 spiro atoms. The van der Waals surface area contributed by atoms with Crippen LogP contribution >= 0.6 is 0 Å². The second-order valence-corrected chi connectivity index (χ2v) is 6.13. The summed E-state index contributed by atoms with van der Waals surface area (Å²) >= 11 is 0. The SMILES string of the molecule is CN(C)C1CCCN(Cc2nnc(C3CC3)o2)CC1. The van der Waals surface area contributed by atoms with E-state index in [1.807, 2.05) is 0 Å². The fourth-order valence-electron chi connectivity index (χ4n) is 2.83. The van der Waals surface area contributed by atoms with E-state index < -0.39 is 0 Å². The normalized spacial score (nSPS) is 25.7. The van der Waals surface area contributed by atoms with Crippen molar-refractivity contribution in [2.45, 2.75) is 50.6 Å². The largest absolute Gasteiger partial charge is 0.424 e. The van der Waals surface area contributed by atoms with E-state index in [0.717, 1.165) is 37.5 Å². The topological polar surface area (TPSA) is 45.4 Å². The zero-order valence-electron chi connectivity index (χ0n) is 12.0. The highest BCUT2D eigenvalue weighted by Crippen LogP contribution is 2.39. The number of nitrogens with zero attached hydrogens (tertiary/aromatic N) is 4. The van der Waals surface area contributed by atoms with Crippen LogP contribution in [0.15, 0.2) is 4.42 Å². The number of rotatable bonds is 4. The maximum atomic E-state index is 5.75. The van der Waals surface area contributed by atoms with Gasteiger partial charge in [-0.25, -0.2) is 0 Å². The van der Waals surface area contributed by atoms with Crippen LogP contribution in [0.4, 0.5) is 0 Å². The molecule has 1 saturated heterocycles. The highest BCUT2D eigenvalue weighted by molar-refractivity contribution is 5.00. The Morgan fingerprint density at radius 2 is 2.00 bits per heavy atom. The zero-order valence-corrected chi connectivity index (χ0v) is 12.0. The summed E-state index contributed by atoms with van der Waals surface area (Å²) in [5.41, 5.74) is 0. The summed E-state index contributed by atoms with van der Waals surface area (Å²) in [6.45, 7) is 3.09. The summed E-state index contributed by atoms with van der Waals surface area (Å²) < 4.78 is 5.75. The van der Waals surface area contributed by atoms with Crippen molar-refractivity contribution in [2.75, 3.05) is 27.2 Å². The molecule has 0 amide bonds. The number of likely N-dealkylation sites (tertiary alicyclic amines) is 1. The quantitative estimate of drug-likeness (QED) is 0.830. The van der Waals surface area contributed by atoms with Crippen molar-refractivity contribution in [1.82, 2.24) is 20.0 Å². The highest BCUT2D eigenvalue weighted by atomic mass is 16.4. The number of hydrogen-bond donors (Lipinski definition) is 0. The van der Waals surface area contributed by atoms with E-state index in [4.69, 9.17) is 4.42 Å². The van der Waals surface area contributed by atoms with E-state index >= 15 is 0 Å². The van der Waals surface area contributed by atoms with Gasteiger partial charge in [0.1, 0.15) is 0 Å². The number of hydrogen-bond acceptors (Lipinski definition) is 5. The molecule has 2 aliphatic rings. The predicted molar refractivity (Wildman–Crippen MR) is 72.9 cm³/mol. The van der Waals surface area contributed by atoms with Crippen LogP contribution in [0.3, 0.4) is 0 Å². The smallest absolute Gasteiger partial charge is 0.230 e. The van der Waals surface area contributed by atoms with Crippen LogP contribution in [-0.4, -0.2) is 53.2 Å². The third-order valence-corrected chi connectivity index (χ3v) is 4.29. The number of aromatic nitrogens is 2. The van der Waals surface area contributed by atoms with Crippen molar-refractivity contribution in [2.24, 2.45) is 0 Å². The van der Waals surface area contributed by atoms with Crippen molar-refractivity contribution in [3.63, 3.8) is 0 Å². The molecule has 2 fully saturated rings. The lowest BCUT2D eigenvalue weighted by Gasteiger charge is -2.22. The third-order valence-electron chi connectivity index (χ3n) is 4.29. The summed E-state index contributed by atoms with van der Waals surface area (Å²) in [6.07, 6.45) is 6.22.